The lowest BCUT2D eigenvalue weighted by Crippen LogP contribution is -2.40. The van der Waals surface area contributed by atoms with E-state index in [0.29, 0.717) is 35.5 Å². The van der Waals surface area contributed by atoms with E-state index in [1.165, 1.54) is 4.68 Å². The van der Waals surface area contributed by atoms with Crippen molar-refractivity contribution in [2.75, 3.05) is 6.61 Å². The minimum absolute atomic E-state index is 0.0297. The number of rotatable bonds is 8. The van der Waals surface area contributed by atoms with Gasteiger partial charge in [0.05, 0.1) is 18.3 Å². The van der Waals surface area contributed by atoms with Crippen LogP contribution in [0.25, 0.3) is 5.95 Å². The van der Waals surface area contributed by atoms with Crippen LogP contribution in [-0.4, -0.2) is 43.6 Å². The van der Waals surface area contributed by atoms with E-state index in [-0.39, 0.29) is 24.4 Å². The predicted molar refractivity (Wildman–Crippen MR) is 150 cm³/mol. The molecule has 0 radical (unpaired) electrons. The summed E-state index contributed by atoms with van der Waals surface area (Å²) in [6, 6.07) is 16.9. The number of nitrogens with one attached hydrogen (secondary N) is 1. The fraction of sp³-hybridized carbons (Fsp3) is 0.333. The molecule has 8 nitrogen and oxygen atoms in total. The van der Waals surface area contributed by atoms with Gasteiger partial charge in [-0.05, 0) is 61.4 Å². The van der Waals surface area contributed by atoms with Crippen LogP contribution >= 0.6 is 11.6 Å². The average Bonchev–Trinajstić information content (AvgIpc) is 3.18. The van der Waals surface area contributed by atoms with Crippen molar-refractivity contribution < 1.29 is 27.8 Å². The third-order valence-electron chi connectivity index (χ3n) is 7.15. The molecule has 2 atom stereocenters. The molecule has 1 aliphatic carbocycles. The van der Waals surface area contributed by atoms with Gasteiger partial charge in [-0.15, -0.1) is 5.10 Å². The Labute approximate surface area is 245 Å². The summed E-state index contributed by atoms with van der Waals surface area (Å²) in [6.07, 6.45) is -0.748. The Hall–Kier alpha value is -3.96. The number of hydrogen-bond donors (Lipinski definition) is 2. The second kappa shape index (κ2) is 12.9. The smallest absolute Gasteiger partial charge is 0.394 e. The van der Waals surface area contributed by atoms with Crippen LogP contribution in [0.4, 0.5) is 18.0 Å². The molecule has 1 aliphatic rings. The Morgan fingerprint density at radius 1 is 1.12 bits per heavy atom. The molecule has 2 heterocycles. The van der Waals surface area contributed by atoms with Crippen LogP contribution in [0.5, 0.6) is 5.88 Å². The predicted octanol–water partition coefficient (Wildman–Crippen LogP) is 6.08. The number of amides is 1. The molecule has 12 heteroatoms. The third-order valence-corrected chi connectivity index (χ3v) is 7.39. The van der Waals surface area contributed by atoms with Crippen LogP contribution in [0.1, 0.15) is 53.3 Å². The number of halogens is 4. The van der Waals surface area contributed by atoms with Crippen molar-refractivity contribution in [2.24, 2.45) is 0 Å². The highest BCUT2D eigenvalue weighted by Gasteiger charge is 2.35. The lowest BCUT2D eigenvalue weighted by Gasteiger charge is -2.18. The first-order chi connectivity index (χ1) is 20.2. The van der Waals surface area contributed by atoms with Gasteiger partial charge in [-0.25, -0.2) is 14.8 Å². The number of benzene rings is 2. The van der Waals surface area contributed by atoms with E-state index in [4.69, 9.17) is 16.3 Å². The minimum Gasteiger partial charge on any atom is -0.394 e. The van der Waals surface area contributed by atoms with E-state index < -0.39 is 24.0 Å². The summed E-state index contributed by atoms with van der Waals surface area (Å²) >= 11 is 6.22. The van der Waals surface area contributed by atoms with Crippen molar-refractivity contribution in [3.63, 3.8) is 0 Å². The SMILES string of the molecule is O=C(N[C@@H](CO)Cc1ccccc1)Oc1nn(-c2nccc(C(F)(F)F)n2)c2c1CCCCC2Cc1cccc(Cl)c1. The van der Waals surface area contributed by atoms with Crippen molar-refractivity contribution in [1.82, 2.24) is 25.1 Å². The number of ether oxygens (including phenoxy) is 1. The standard InChI is InChI=1S/C30H29ClF3N5O3/c31-22-11-6-9-20(16-22)15-21-10-4-5-12-24-26(21)39(28-35-14-13-25(37-28)30(32,33)34)38-27(24)42-29(41)36-23(18-40)17-19-7-2-1-3-8-19/h1-3,6-9,11,13-14,16,21,23,40H,4-5,10,12,15,17-18H2,(H,36,41)/t21?,23-/m1/s1. The summed E-state index contributed by atoms with van der Waals surface area (Å²) in [7, 11) is 0. The molecule has 4 aromatic rings. The Balaban J connectivity index is 1.50. The van der Waals surface area contributed by atoms with Crippen LogP contribution < -0.4 is 10.1 Å². The van der Waals surface area contributed by atoms with Crippen molar-refractivity contribution in [3.05, 3.63) is 100.0 Å². The van der Waals surface area contributed by atoms with E-state index in [1.54, 1.807) is 6.07 Å². The van der Waals surface area contributed by atoms with E-state index in [0.717, 1.165) is 42.7 Å². The first kappa shape index (κ1) is 29.5. The van der Waals surface area contributed by atoms with Gasteiger partial charge < -0.3 is 15.2 Å². The van der Waals surface area contributed by atoms with Gasteiger partial charge in [0.25, 0.3) is 5.95 Å². The molecule has 0 saturated heterocycles. The summed E-state index contributed by atoms with van der Waals surface area (Å²) in [4.78, 5) is 20.9. The molecule has 0 aliphatic heterocycles. The number of aromatic nitrogens is 4. The second-order valence-corrected chi connectivity index (χ2v) is 10.6. The van der Waals surface area contributed by atoms with Crippen LogP contribution in [0, 0.1) is 0 Å². The first-order valence-corrected chi connectivity index (χ1v) is 14.0. The number of aliphatic hydroxyl groups excluding tert-OH is 1. The number of carbonyl (C=O) groups excluding carboxylic acids is 1. The molecule has 2 aromatic heterocycles. The molecule has 2 aromatic carbocycles. The van der Waals surface area contributed by atoms with Crippen molar-refractivity contribution in [3.8, 4) is 11.8 Å². The molecule has 5 rings (SSSR count). The third kappa shape index (κ3) is 7.08. The lowest BCUT2D eigenvalue weighted by atomic mass is 9.91. The van der Waals surface area contributed by atoms with Gasteiger partial charge >= 0.3 is 12.3 Å². The van der Waals surface area contributed by atoms with E-state index in [2.05, 4.69) is 20.4 Å². The number of aliphatic hydroxyl groups is 1. The van der Waals surface area contributed by atoms with Crippen molar-refractivity contribution in [1.29, 1.82) is 0 Å². The zero-order valence-corrected chi connectivity index (χ0v) is 23.3. The van der Waals surface area contributed by atoms with Crippen LogP contribution in [0.2, 0.25) is 5.02 Å². The lowest BCUT2D eigenvalue weighted by molar-refractivity contribution is -0.141. The molecule has 1 unspecified atom stereocenters. The maximum Gasteiger partial charge on any atom is 0.433 e. The van der Waals surface area contributed by atoms with Gasteiger partial charge in [-0.3, -0.25) is 0 Å². The van der Waals surface area contributed by atoms with Crippen LogP contribution in [-0.2, 0) is 25.4 Å². The number of carbonyl (C=O) groups is 1. The molecular weight excluding hydrogens is 571 g/mol. The highest BCUT2D eigenvalue weighted by atomic mass is 35.5. The summed E-state index contributed by atoms with van der Waals surface area (Å²) < 4.78 is 47.6. The number of alkyl halides is 3. The topological polar surface area (TPSA) is 102 Å². The molecule has 42 heavy (non-hydrogen) atoms. The Morgan fingerprint density at radius 3 is 2.64 bits per heavy atom. The van der Waals surface area contributed by atoms with E-state index in [1.807, 2.05) is 48.5 Å². The first-order valence-electron chi connectivity index (χ1n) is 13.6. The number of fused-ring (bicyclic) bond motifs is 1. The summed E-state index contributed by atoms with van der Waals surface area (Å²) in [5.41, 5.74) is 1.96. The van der Waals surface area contributed by atoms with Crippen molar-refractivity contribution in [2.45, 2.75) is 56.7 Å². The number of hydrogen-bond acceptors (Lipinski definition) is 6. The fourth-order valence-electron chi connectivity index (χ4n) is 5.26. The zero-order chi connectivity index (χ0) is 29.7. The minimum atomic E-state index is -4.68. The van der Waals surface area contributed by atoms with E-state index in [9.17, 15) is 23.1 Å². The molecule has 1 amide bonds. The molecule has 220 valence electrons. The summed E-state index contributed by atoms with van der Waals surface area (Å²) in [6.45, 7) is -0.323. The van der Waals surface area contributed by atoms with Gasteiger partial charge in [-0.2, -0.15) is 17.9 Å². The Morgan fingerprint density at radius 2 is 1.90 bits per heavy atom. The zero-order valence-electron chi connectivity index (χ0n) is 22.5. The van der Waals surface area contributed by atoms with Crippen molar-refractivity contribution >= 4 is 17.7 Å². The van der Waals surface area contributed by atoms with Gasteiger partial charge in [0.2, 0.25) is 5.88 Å². The molecule has 0 fully saturated rings. The average molecular weight is 600 g/mol. The molecule has 2 N–H and O–H groups in total. The second-order valence-electron chi connectivity index (χ2n) is 10.2. The van der Waals surface area contributed by atoms with Crippen LogP contribution in [0.15, 0.2) is 66.9 Å². The molecule has 0 saturated carbocycles. The molecule has 0 spiro atoms. The quantitative estimate of drug-likeness (QED) is 0.238. The Bertz CT molecular complexity index is 1530. The van der Waals surface area contributed by atoms with Gasteiger partial charge in [-0.1, -0.05) is 60.5 Å². The fourth-order valence-corrected chi connectivity index (χ4v) is 5.47. The maximum absolute atomic E-state index is 13.5. The van der Waals surface area contributed by atoms with Gasteiger partial charge in [0.1, 0.15) is 5.69 Å². The monoisotopic (exact) mass is 599 g/mol. The maximum atomic E-state index is 13.5. The van der Waals surface area contributed by atoms with Gasteiger partial charge in [0, 0.05) is 22.7 Å². The molecular formula is C30H29ClF3N5O3. The Kier molecular flexibility index (Phi) is 9.08. The van der Waals surface area contributed by atoms with Gasteiger partial charge in [0.15, 0.2) is 0 Å². The normalized spacial score (nSPS) is 15.9. The van der Waals surface area contributed by atoms with Crippen LogP contribution in [0.3, 0.4) is 0 Å². The summed E-state index contributed by atoms with van der Waals surface area (Å²) in [5.74, 6) is -0.486. The largest absolute Gasteiger partial charge is 0.433 e. The highest BCUT2D eigenvalue weighted by molar-refractivity contribution is 6.30. The highest BCUT2D eigenvalue weighted by Crippen LogP contribution is 2.39. The number of nitrogens with zero attached hydrogens (tertiary/aromatic N) is 4. The van der Waals surface area contributed by atoms with E-state index >= 15 is 0 Å². The molecule has 0 bridgehead atoms. The summed E-state index contributed by atoms with van der Waals surface area (Å²) in [5, 5.41) is 17.5.